The first kappa shape index (κ1) is 20.6. The fourth-order valence-corrected chi connectivity index (χ4v) is 3.71. The molecule has 0 spiro atoms. The minimum absolute atomic E-state index is 0.501. The smallest absolute Gasteiger partial charge is 0.128 e. The Hall–Kier alpha value is -2.14. The zero-order valence-electron chi connectivity index (χ0n) is 17.1. The van der Waals surface area contributed by atoms with Crippen molar-refractivity contribution in [2.45, 2.75) is 50.6 Å². The molecule has 1 N–H and O–H groups in total. The molecule has 0 fully saturated rings. The summed E-state index contributed by atoms with van der Waals surface area (Å²) in [6.45, 7) is 4.53. The predicted molar refractivity (Wildman–Crippen MR) is 111 cm³/mol. The summed E-state index contributed by atoms with van der Waals surface area (Å²) in [6.07, 6.45) is 10.5. The highest BCUT2D eigenvalue weighted by Gasteiger charge is 2.38. The molecule has 0 aliphatic heterocycles. The van der Waals surface area contributed by atoms with Gasteiger partial charge in [0, 0.05) is 13.5 Å². The first-order valence-electron chi connectivity index (χ1n) is 9.66. The normalized spacial score (nSPS) is 28.2. The van der Waals surface area contributed by atoms with Gasteiger partial charge in [0.2, 0.25) is 0 Å². The molecule has 0 bridgehead atoms. The summed E-state index contributed by atoms with van der Waals surface area (Å²) < 4.78 is 17.6. The lowest BCUT2D eigenvalue weighted by Gasteiger charge is -2.37. The van der Waals surface area contributed by atoms with Crippen molar-refractivity contribution in [3.05, 3.63) is 83.2 Å². The molecule has 2 aliphatic carbocycles. The average molecular weight is 383 g/mol. The maximum absolute atomic E-state index is 11.1. The lowest BCUT2D eigenvalue weighted by molar-refractivity contribution is -0.0478. The van der Waals surface area contributed by atoms with Crippen LogP contribution in [0.2, 0.25) is 0 Å². The second-order valence-corrected chi connectivity index (χ2v) is 7.72. The molecule has 0 aromatic heterocycles. The standard InChI is InChI=1S/C24H30O4/c1-23(27-4)14-9-8-12-20(23)22(25)19-13-15-24(2,21(16-19)26-3)28-17-18-10-6-5-7-11-18/h5-13,16,22,25H,14-15,17H2,1-4H3. The Morgan fingerprint density at radius 2 is 1.82 bits per heavy atom. The molecular formula is C24H30O4. The Kier molecular flexibility index (Phi) is 6.23. The van der Waals surface area contributed by atoms with Gasteiger partial charge in [0.05, 0.1) is 19.3 Å². The molecule has 3 atom stereocenters. The summed E-state index contributed by atoms with van der Waals surface area (Å²) >= 11 is 0. The van der Waals surface area contributed by atoms with E-state index in [1.54, 1.807) is 14.2 Å². The van der Waals surface area contributed by atoms with Crippen molar-refractivity contribution < 1.29 is 19.3 Å². The monoisotopic (exact) mass is 382 g/mol. The summed E-state index contributed by atoms with van der Waals surface area (Å²) in [7, 11) is 3.33. The van der Waals surface area contributed by atoms with E-state index in [2.05, 4.69) is 6.08 Å². The second-order valence-electron chi connectivity index (χ2n) is 7.72. The number of aliphatic hydroxyl groups excluding tert-OH is 1. The van der Waals surface area contributed by atoms with Crippen molar-refractivity contribution >= 4 is 0 Å². The number of rotatable bonds is 7. The fourth-order valence-electron chi connectivity index (χ4n) is 3.71. The SMILES string of the molecule is COC1=CC(C(O)C2=CC=CCC2(C)OC)=CCC1(C)OCc1ccccc1. The molecule has 3 unspecified atom stereocenters. The van der Waals surface area contributed by atoms with Gasteiger partial charge >= 0.3 is 0 Å². The zero-order chi connectivity index (χ0) is 20.2. The fraction of sp³-hybridized carbons (Fsp3) is 0.417. The Balaban J connectivity index is 1.78. The van der Waals surface area contributed by atoms with Crippen LogP contribution in [0, 0.1) is 0 Å². The molecule has 1 aromatic rings. The first-order valence-corrected chi connectivity index (χ1v) is 9.66. The van der Waals surface area contributed by atoms with Crippen LogP contribution in [0.3, 0.4) is 0 Å². The first-order chi connectivity index (χ1) is 13.4. The summed E-state index contributed by atoms with van der Waals surface area (Å²) in [5.74, 6) is 0.714. The van der Waals surface area contributed by atoms with Gasteiger partial charge in [0.25, 0.3) is 0 Å². The van der Waals surface area contributed by atoms with E-state index in [0.717, 1.165) is 23.1 Å². The highest BCUT2D eigenvalue weighted by Crippen LogP contribution is 2.38. The number of aliphatic hydroxyl groups is 1. The molecule has 0 saturated carbocycles. The molecule has 0 radical (unpaired) electrons. The lowest BCUT2D eigenvalue weighted by Crippen LogP contribution is -2.39. The van der Waals surface area contributed by atoms with E-state index in [1.165, 1.54) is 0 Å². The number of benzene rings is 1. The van der Waals surface area contributed by atoms with Crippen LogP contribution in [0.5, 0.6) is 0 Å². The van der Waals surface area contributed by atoms with E-state index in [9.17, 15) is 5.11 Å². The number of methoxy groups -OCH3 is 2. The lowest BCUT2D eigenvalue weighted by atomic mass is 9.80. The molecule has 2 aliphatic rings. The summed E-state index contributed by atoms with van der Waals surface area (Å²) in [4.78, 5) is 0. The molecule has 3 rings (SSSR count). The third kappa shape index (κ3) is 4.14. The van der Waals surface area contributed by atoms with E-state index in [0.29, 0.717) is 18.8 Å². The maximum atomic E-state index is 11.1. The van der Waals surface area contributed by atoms with Crippen molar-refractivity contribution in [3.63, 3.8) is 0 Å². The van der Waals surface area contributed by atoms with Crippen LogP contribution < -0.4 is 0 Å². The van der Waals surface area contributed by atoms with Crippen LogP contribution in [-0.4, -0.2) is 36.6 Å². The van der Waals surface area contributed by atoms with Gasteiger partial charge in [-0.2, -0.15) is 0 Å². The minimum Gasteiger partial charge on any atom is -0.498 e. The Bertz CT molecular complexity index is 805. The highest BCUT2D eigenvalue weighted by atomic mass is 16.5. The van der Waals surface area contributed by atoms with Crippen molar-refractivity contribution in [2.24, 2.45) is 0 Å². The van der Waals surface area contributed by atoms with Crippen LogP contribution in [0.1, 0.15) is 32.3 Å². The van der Waals surface area contributed by atoms with Crippen LogP contribution in [0.4, 0.5) is 0 Å². The third-order valence-electron chi connectivity index (χ3n) is 5.76. The van der Waals surface area contributed by atoms with Crippen LogP contribution >= 0.6 is 0 Å². The molecular weight excluding hydrogens is 352 g/mol. The molecule has 28 heavy (non-hydrogen) atoms. The predicted octanol–water partition coefficient (Wildman–Crippen LogP) is 4.47. The molecule has 4 heteroatoms. The van der Waals surface area contributed by atoms with Gasteiger partial charge in [-0.15, -0.1) is 0 Å². The number of hydrogen-bond donors (Lipinski definition) is 1. The van der Waals surface area contributed by atoms with Gasteiger partial charge in [0.1, 0.15) is 17.5 Å². The average Bonchev–Trinajstić information content (AvgIpc) is 2.73. The maximum Gasteiger partial charge on any atom is 0.128 e. The largest absolute Gasteiger partial charge is 0.498 e. The van der Waals surface area contributed by atoms with Gasteiger partial charge in [-0.1, -0.05) is 54.6 Å². The molecule has 0 amide bonds. The highest BCUT2D eigenvalue weighted by molar-refractivity contribution is 5.43. The quantitative estimate of drug-likeness (QED) is 0.756. The van der Waals surface area contributed by atoms with E-state index >= 15 is 0 Å². The van der Waals surface area contributed by atoms with Crippen LogP contribution in [0.15, 0.2) is 77.6 Å². The summed E-state index contributed by atoms with van der Waals surface area (Å²) in [5, 5.41) is 11.1. The number of hydrogen-bond acceptors (Lipinski definition) is 4. The van der Waals surface area contributed by atoms with E-state index < -0.39 is 17.3 Å². The van der Waals surface area contributed by atoms with E-state index in [4.69, 9.17) is 14.2 Å². The molecule has 0 saturated heterocycles. The van der Waals surface area contributed by atoms with Crippen molar-refractivity contribution in [3.8, 4) is 0 Å². The van der Waals surface area contributed by atoms with Crippen molar-refractivity contribution in [1.82, 2.24) is 0 Å². The number of ether oxygens (including phenoxy) is 3. The Labute approximate surface area is 167 Å². The van der Waals surface area contributed by atoms with Crippen molar-refractivity contribution in [2.75, 3.05) is 14.2 Å². The molecule has 1 aromatic carbocycles. The van der Waals surface area contributed by atoms with E-state index in [1.807, 2.05) is 68.5 Å². The molecule has 4 nitrogen and oxygen atoms in total. The van der Waals surface area contributed by atoms with Gasteiger partial charge in [-0.25, -0.2) is 0 Å². The minimum atomic E-state index is -0.751. The Morgan fingerprint density at radius 3 is 2.50 bits per heavy atom. The number of allylic oxidation sites excluding steroid dienone is 2. The zero-order valence-corrected chi connectivity index (χ0v) is 17.1. The van der Waals surface area contributed by atoms with Crippen LogP contribution in [0.25, 0.3) is 0 Å². The van der Waals surface area contributed by atoms with Gasteiger partial charge in [0.15, 0.2) is 0 Å². The Morgan fingerprint density at radius 1 is 1.07 bits per heavy atom. The molecule has 150 valence electrons. The summed E-state index contributed by atoms with van der Waals surface area (Å²) in [6, 6.07) is 10.1. The third-order valence-corrected chi connectivity index (χ3v) is 5.76. The second kappa shape index (κ2) is 8.48. The molecule has 0 heterocycles. The topological polar surface area (TPSA) is 47.9 Å². The van der Waals surface area contributed by atoms with Gasteiger partial charge in [-0.05, 0) is 43.1 Å². The van der Waals surface area contributed by atoms with Crippen LogP contribution in [-0.2, 0) is 20.8 Å². The van der Waals surface area contributed by atoms with E-state index in [-0.39, 0.29) is 0 Å². The summed E-state index contributed by atoms with van der Waals surface area (Å²) in [5.41, 5.74) is 1.69. The van der Waals surface area contributed by atoms with Crippen molar-refractivity contribution in [1.29, 1.82) is 0 Å². The van der Waals surface area contributed by atoms with Gasteiger partial charge < -0.3 is 19.3 Å². The van der Waals surface area contributed by atoms with Gasteiger partial charge in [-0.3, -0.25) is 0 Å².